The van der Waals surface area contributed by atoms with Crippen LogP contribution in [-0.2, 0) is 5.41 Å². The van der Waals surface area contributed by atoms with Crippen LogP contribution in [0, 0.1) is 5.21 Å². The van der Waals surface area contributed by atoms with Crippen LogP contribution in [-0.4, -0.2) is 4.98 Å². The molecule has 0 radical (unpaired) electrons. The van der Waals surface area contributed by atoms with Gasteiger partial charge in [0.2, 0.25) is 5.52 Å². The minimum absolute atomic E-state index is 0.0299. The highest BCUT2D eigenvalue weighted by Gasteiger charge is 2.18. The fraction of sp³-hybridized carbons (Fsp3) is 0.333. The molecule has 0 aromatic carbocycles. The van der Waals surface area contributed by atoms with Gasteiger partial charge in [-0.1, -0.05) is 20.8 Å². The maximum atomic E-state index is 11.7. The molecule has 0 saturated carbocycles. The summed E-state index contributed by atoms with van der Waals surface area (Å²) < 4.78 is 0.892. The Kier molecular flexibility index (Phi) is 2.11. The van der Waals surface area contributed by atoms with E-state index >= 15 is 0 Å². The van der Waals surface area contributed by atoms with Gasteiger partial charge in [-0.15, -0.1) is 0 Å². The Labute approximate surface area is 89.0 Å². The van der Waals surface area contributed by atoms with E-state index in [0.29, 0.717) is 5.52 Å². The zero-order chi connectivity index (χ0) is 11.1. The molecular formula is C12H14N2O. The Morgan fingerprint density at radius 1 is 1.33 bits per heavy atom. The van der Waals surface area contributed by atoms with Crippen LogP contribution in [0.2, 0.25) is 0 Å². The minimum atomic E-state index is -0.0299. The third kappa shape index (κ3) is 1.77. The van der Waals surface area contributed by atoms with Gasteiger partial charge < -0.3 is 5.21 Å². The van der Waals surface area contributed by atoms with Crippen molar-refractivity contribution in [2.45, 2.75) is 26.2 Å². The van der Waals surface area contributed by atoms with Gasteiger partial charge in [-0.2, -0.15) is 4.73 Å². The van der Waals surface area contributed by atoms with Gasteiger partial charge in [0.05, 0.1) is 0 Å². The van der Waals surface area contributed by atoms with Crippen molar-refractivity contribution >= 4 is 11.0 Å². The zero-order valence-electron chi connectivity index (χ0n) is 9.19. The summed E-state index contributed by atoms with van der Waals surface area (Å²) in [6.07, 6.45) is 3.33. The van der Waals surface area contributed by atoms with Gasteiger partial charge in [0, 0.05) is 17.8 Å². The summed E-state index contributed by atoms with van der Waals surface area (Å²) >= 11 is 0. The fourth-order valence-electron chi connectivity index (χ4n) is 1.50. The third-order valence-corrected chi connectivity index (χ3v) is 2.47. The molecule has 3 nitrogen and oxygen atoms in total. The molecule has 0 fully saturated rings. The number of hydrogen-bond donors (Lipinski definition) is 0. The average molecular weight is 202 g/mol. The number of hydrogen-bond acceptors (Lipinski definition) is 2. The first-order valence-electron chi connectivity index (χ1n) is 4.97. The molecule has 78 valence electrons. The van der Waals surface area contributed by atoms with Crippen molar-refractivity contribution in [1.82, 2.24) is 4.98 Å². The van der Waals surface area contributed by atoms with Crippen molar-refractivity contribution in [3.8, 4) is 0 Å². The highest BCUT2D eigenvalue weighted by Crippen LogP contribution is 2.22. The number of rotatable bonds is 0. The first-order chi connectivity index (χ1) is 6.98. The molecule has 0 unspecified atom stereocenters. The molecule has 2 aromatic heterocycles. The quantitative estimate of drug-likeness (QED) is 0.485. The summed E-state index contributed by atoms with van der Waals surface area (Å²) in [6.45, 7) is 6.24. The number of aromatic nitrogens is 2. The lowest BCUT2D eigenvalue weighted by atomic mass is 9.88. The van der Waals surface area contributed by atoms with Gasteiger partial charge in [0.25, 0.3) is 0 Å². The second kappa shape index (κ2) is 3.19. The molecule has 0 spiro atoms. The number of pyridine rings is 2. The maximum Gasteiger partial charge on any atom is 0.242 e. The highest BCUT2D eigenvalue weighted by atomic mass is 16.5. The van der Waals surface area contributed by atoms with E-state index in [2.05, 4.69) is 25.8 Å². The predicted molar refractivity (Wildman–Crippen MR) is 59.4 cm³/mol. The lowest BCUT2D eigenvalue weighted by molar-refractivity contribution is -0.577. The molecule has 2 rings (SSSR count). The van der Waals surface area contributed by atoms with Crippen molar-refractivity contribution in [2.24, 2.45) is 0 Å². The molecule has 2 heterocycles. The van der Waals surface area contributed by atoms with E-state index < -0.39 is 0 Å². The Morgan fingerprint density at radius 2 is 2.07 bits per heavy atom. The van der Waals surface area contributed by atoms with Crippen molar-refractivity contribution in [2.75, 3.05) is 0 Å². The Bertz CT molecular complexity index is 500. The van der Waals surface area contributed by atoms with Crippen LogP contribution in [0.1, 0.15) is 26.3 Å². The third-order valence-electron chi connectivity index (χ3n) is 2.47. The SMILES string of the molecule is CC(C)(C)c1cc2ncccc2[n+]([O-])c1. The van der Waals surface area contributed by atoms with Gasteiger partial charge in [0.15, 0.2) is 6.20 Å². The molecule has 0 amide bonds. The van der Waals surface area contributed by atoms with Crippen LogP contribution in [0.4, 0.5) is 0 Å². The lowest BCUT2D eigenvalue weighted by Crippen LogP contribution is -2.29. The van der Waals surface area contributed by atoms with Gasteiger partial charge >= 0.3 is 0 Å². The van der Waals surface area contributed by atoms with Crippen molar-refractivity contribution in [3.63, 3.8) is 0 Å². The standard InChI is InChI=1S/C12H14N2O/c1-12(2,3)9-7-10-11(14(15)8-9)5-4-6-13-10/h4-8H,1-3H3. The summed E-state index contributed by atoms with van der Waals surface area (Å²) in [5.74, 6) is 0. The van der Waals surface area contributed by atoms with E-state index in [0.717, 1.165) is 15.8 Å². The topological polar surface area (TPSA) is 39.8 Å². The fourth-order valence-corrected chi connectivity index (χ4v) is 1.50. The minimum Gasteiger partial charge on any atom is -0.618 e. The smallest absolute Gasteiger partial charge is 0.242 e. The molecule has 15 heavy (non-hydrogen) atoms. The summed E-state index contributed by atoms with van der Waals surface area (Å²) in [7, 11) is 0. The lowest BCUT2D eigenvalue weighted by Gasteiger charge is -2.17. The molecule has 0 aliphatic rings. The molecular weight excluding hydrogens is 188 g/mol. The van der Waals surface area contributed by atoms with Crippen molar-refractivity contribution in [3.05, 3.63) is 41.4 Å². The first kappa shape index (κ1) is 9.90. The molecule has 0 saturated heterocycles. The van der Waals surface area contributed by atoms with E-state index in [1.54, 1.807) is 24.5 Å². The maximum absolute atomic E-state index is 11.7. The monoisotopic (exact) mass is 202 g/mol. The largest absolute Gasteiger partial charge is 0.618 e. The summed E-state index contributed by atoms with van der Waals surface area (Å²) in [4.78, 5) is 4.20. The Balaban J connectivity index is 2.73. The van der Waals surface area contributed by atoms with E-state index in [-0.39, 0.29) is 5.41 Å². The van der Waals surface area contributed by atoms with Crippen LogP contribution in [0.25, 0.3) is 11.0 Å². The van der Waals surface area contributed by atoms with Crippen LogP contribution in [0.3, 0.4) is 0 Å². The average Bonchev–Trinajstić information content (AvgIpc) is 2.16. The second-order valence-corrected chi connectivity index (χ2v) is 4.71. The summed E-state index contributed by atoms with van der Waals surface area (Å²) in [6, 6.07) is 5.53. The van der Waals surface area contributed by atoms with Gasteiger partial charge in [-0.3, -0.25) is 0 Å². The molecule has 0 aliphatic heterocycles. The molecule has 0 N–H and O–H groups in total. The molecule has 0 bridgehead atoms. The van der Waals surface area contributed by atoms with Crippen molar-refractivity contribution < 1.29 is 4.73 Å². The number of nitrogens with zero attached hydrogens (tertiary/aromatic N) is 2. The van der Waals surface area contributed by atoms with Crippen LogP contribution >= 0.6 is 0 Å². The molecule has 0 atom stereocenters. The zero-order valence-corrected chi connectivity index (χ0v) is 9.19. The van der Waals surface area contributed by atoms with Gasteiger partial charge in [0.1, 0.15) is 5.52 Å². The van der Waals surface area contributed by atoms with Crippen molar-refractivity contribution in [1.29, 1.82) is 0 Å². The Morgan fingerprint density at radius 3 is 2.73 bits per heavy atom. The normalized spacial score (nSPS) is 11.9. The van der Waals surface area contributed by atoms with E-state index in [4.69, 9.17) is 0 Å². The van der Waals surface area contributed by atoms with Crippen LogP contribution in [0.5, 0.6) is 0 Å². The predicted octanol–water partition coefficient (Wildman–Crippen LogP) is 2.17. The van der Waals surface area contributed by atoms with E-state index in [9.17, 15) is 5.21 Å². The Hall–Kier alpha value is -1.64. The molecule has 3 heteroatoms. The highest BCUT2D eigenvalue weighted by molar-refractivity contribution is 5.71. The van der Waals surface area contributed by atoms with Gasteiger partial charge in [-0.25, -0.2) is 4.98 Å². The second-order valence-electron chi connectivity index (χ2n) is 4.71. The molecule has 2 aromatic rings. The first-order valence-corrected chi connectivity index (χ1v) is 4.97. The molecule has 0 aliphatic carbocycles. The number of fused-ring (bicyclic) bond motifs is 1. The van der Waals surface area contributed by atoms with Crippen LogP contribution in [0.15, 0.2) is 30.6 Å². The van der Waals surface area contributed by atoms with Gasteiger partial charge in [-0.05, 0) is 17.5 Å². The van der Waals surface area contributed by atoms with E-state index in [1.807, 2.05) is 6.07 Å². The summed E-state index contributed by atoms with van der Waals surface area (Å²) in [5, 5.41) is 11.7. The summed E-state index contributed by atoms with van der Waals surface area (Å²) in [5.41, 5.74) is 2.34. The van der Waals surface area contributed by atoms with E-state index in [1.165, 1.54) is 0 Å². The van der Waals surface area contributed by atoms with Crippen LogP contribution < -0.4 is 4.73 Å².